The molecule has 11 heavy (non-hydrogen) atoms. The minimum absolute atomic E-state index is 0.0613. The van der Waals surface area contributed by atoms with E-state index in [2.05, 4.69) is 20.8 Å². The van der Waals surface area contributed by atoms with Crippen molar-refractivity contribution in [2.75, 3.05) is 0 Å². The van der Waals surface area contributed by atoms with Crippen molar-refractivity contribution in [1.82, 2.24) is 0 Å². The van der Waals surface area contributed by atoms with Crippen LogP contribution in [0.15, 0.2) is 0 Å². The zero-order valence-electron chi connectivity index (χ0n) is 7.72. The number of rotatable bonds is 0. The zero-order chi connectivity index (χ0) is 8.28. The Morgan fingerprint density at radius 3 is 2.18 bits per heavy atom. The lowest BCUT2D eigenvalue weighted by Gasteiger charge is -2.38. The van der Waals surface area contributed by atoms with Crippen LogP contribution in [-0.2, 0) is 0 Å². The summed E-state index contributed by atoms with van der Waals surface area (Å²) >= 11 is 0. The second kappa shape index (κ2) is 1.82. The van der Waals surface area contributed by atoms with Gasteiger partial charge in [0.15, 0.2) is 0 Å². The molecule has 0 spiro atoms. The molecular weight excluding hydrogens is 136 g/mol. The smallest absolute Gasteiger partial charge is 0.0647 e. The molecule has 2 rings (SSSR count). The van der Waals surface area contributed by atoms with E-state index in [1.807, 2.05) is 0 Å². The van der Waals surface area contributed by atoms with Gasteiger partial charge in [-0.1, -0.05) is 20.8 Å². The molecule has 2 bridgehead atoms. The van der Waals surface area contributed by atoms with Crippen LogP contribution in [0.2, 0.25) is 0 Å². The lowest BCUT2D eigenvalue weighted by molar-refractivity contribution is -0.0340. The first-order chi connectivity index (χ1) is 4.97. The highest BCUT2D eigenvalue weighted by Gasteiger charge is 2.58. The standard InChI is InChI=1S/C10H18O/c1-9(2)7-4-5-10(3,6-7)8(9)11/h7-8,11H,4-6H2,1-3H3/t7?,8?,10-/m0/s1. The van der Waals surface area contributed by atoms with Crippen molar-refractivity contribution in [3.63, 3.8) is 0 Å². The van der Waals surface area contributed by atoms with E-state index in [-0.39, 0.29) is 16.9 Å². The van der Waals surface area contributed by atoms with E-state index in [4.69, 9.17) is 0 Å². The Hall–Kier alpha value is -0.0400. The molecule has 2 unspecified atom stereocenters. The second-order valence-corrected chi connectivity index (χ2v) is 5.32. The third-order valence-electron chi connectivity index (χ3n) is 4.19. The van der Waals surface area contributed by atoms with Gasteiger partial charge in [0.1, 0.15) is 0 Å². The van der Waals surface area contributed by atoms with Crippen molar-refractivity contribution in [2.24, 2.45) is 16.7 Å². The number of aliphatic hydroxyl groups is 1. The molecule has 0 aromatic rings. The summed E-state index contributed by atoms with van der Waals surface area (Å²) in [6.45, 7) is 6.67. The topological polar surface area (TPSA) is 20.2 Å². The Morgan fingerprint density at radius 1 is 1.27 bits per heavy atom. The van der Waals surface area contributed by atoms with Gasteiger partial charge in [0.05, 0.1) is 6.10 Å². The van der Waals surface area contributed by atoms with Crippen LogP contribution < -0.4 is 0 Å². The van der Waals surface area contributed by atoms with Crippen molar-refractivity contribution < 1.29 is 5.11 Å². The van der Waals surface area contributed by atoms with E-state index in [0.29, 0.717) is 0 Å². The van der Waals surface area contributed by atoms with E-state index >= 15 is 0 Å². The minimum atomic E-state index is -0.0613. The maximum atomic E-state index is 10.0. The van der Waals surface area contributed by atoms with E-state index in [0.717, 1.165) is 5.92 Å². The molecule has 1 nitrogen and oxygen atoms in total. The summed E-state index contributed by atoms with van der Waals surface area (Å²) in [4.78, 5) is 0. The highest BCUT2D eigenvalue weighted by Crippen LogP contribution is 2.62. The summed E-state index contributed by atoms with van der Waals surface area (Å²) < 4.78 is 0. The van der Waals surface area contributed by atoms with Gasteiger partial charge in [-0.15, -0.1) is 0 Å². The van der Waals surface area contributed by atoms with Gasteiger partial charge in [-0.05, 0) is 36.0 Å². The summed E-state index contributed by atoms with van der Waals surface area (Å²) in [5, 5.41) is 10.0. The Kier molecular flexibility index (Phi) is 1.26. The maximum Gasteiger partial charge on any atom is 0.0647 e. The van der Waals surface area contributed by atoms with Gasteiger partial charge >= 0.3 is 0 Å². The summed E-state index contributed by atoms with van der Waals surface area (Å²) in [7, 11) is 0. The fourth-order valence-corrected chi connectivity index (χ4v) is 3.28. The van der Waals surface area contributed by atoms with Gasteiger partial charge in [0.25, 0.3) is 0 Å². The fourth-order valence-electron chi connectivity index (χ4n) is 3.28. The highest BCUT2D eigenvalue weighted by atomic mass is 16.3. The lowest BCUT2D eigenvalue weighted by atomic mass is 9.70. The molecule has 0 aromatic heterocycles. The van der Waals surface area contributed by atoms with Crippen molar-refractivity contribution in [3.05, 3.63) is 0 Å². The van der Waals surface area contributed by atoms with Crippen molar-refractivity contribution in [2.45, 2.75) is 46.1 Å². The number of hydrogen-bond acceptors (Lipinski definition) is 1. The molecule has 0 saturated heterocycles. The van der Waals surface area contributed by atoms with Gasteiger partial charge in [-0.25, -0.2) is 0 Å². The van der Waals surface area contributed by atoms with Crippen LogP contribution >= 0.6 is 0 Å². The first kappa shape index (κ1) is 7.60. The molecule has 64 valence electrons. The Morgan fingerprint density at radius 2 is 1.91 bits per heavy atom. The first-order valence-electron chi connectivity index (χ1n) is 4.65. The monoisotopic (exact) mass is 154 g/mol. The average molecular weight is 154 g/mol. The van der Waals surface area contributed by atoms with Crippen LogP contribution in [0.3, 0.4) is 0 Å². The van der Waals surface area contributed by atoms with E-state index < -0.39 is 0 Å². The second-order valence-electron chi connectivity index (χ2n) is 5.32. The summed E-state index contributed by atoms with van der Waals surface area (Å²) in [6.07, 6.45) is 3.76. The van der Waals surface area contributed by atoms with Gasteiger partial charge in [0.2, 0.25) is 0 Å². The molecule has 3 atom stereocenters. The molecule has 0 aromatic carbocycles. The van der Waals surface area contributed by atoms with Crippen molar-refractivity contribution in [3.8, 4) is 0 Å². The van der Waals surface area contributed by atoms with E-state index in [1.54, 1.807) is 0 Å². The molecule has 2 aliphatic rings. The number of aliphatic hydroxyl groups excluding tert-OH is 1. The van der Waals surface area contributed by atoms with Gasteiger partial charge in [-0.3, -0.25) is 0 Å². The Labute approximate surface area is 68.8 Å². The fraction of sp³-hybridized carbons (Fsp3) is 1.00. The van der Waals surface area contributed by atoms with Gasteiger partial charge in [0, 0.05) is 0 Å². The molecule has 0 heterocycles. The lowest BCUT2D eigenvalue weighted by Crippen LogP contribution is -2.39. The third kappa shape index (κ3) is 0.752. The minimum Gasteiger partial charge on any atom is -0.392 e. The highest BCUT2D eigenvalue weighted by molar-refractivity contribution is 5.08. The SMILES string of the molecule is CC1(C)C2CC[C@@](C)(C2)C1O. The number of hydrogen-bond donors (Lipinski definition) is 1. The molecule has 1 heteroatoms. The summed E-state index contributed by atoms with van der Waals surface area (Å²) in [5.74, 6) is 0.780. The third-order valence-corrected chi connectivity index (χ3v) is 4.19. The zero-order valence-corrected chi connectivity index (χ0v) is 7.72. The van der Waals surface area contributed by atoms with E-state index in [1.165, 1.54) is 19.3 Å². The molecule has 2 aliphatic carbocycles. The van der Waals surface area contributed by atoms with Gasteiger partial charge in [-0.2, -0.15) is 0 Å². The van der Waals surface area contributed by atoms with Crippen LogP contribution in [-0.4, -0.2) is 11.2 Å². The number of fused-ring (bicyclic) bond motifs is 2. The van der Waals surface area contributed by atoms with Crippen LogP contribution in [0.4, 0.5) is 0 Å². The largest absolute Gasteiger partial charge is 0.392 e. The molecule has 2 fully saturated rings. The quantitative estimate of drug-likeness (QED) is 0.567. The van der Waals surface area contributed by atoms with Gasteiger partial charge < -0.3 is 5.11 Å². The predicted molar refractivity (Wildman–Crippen MR) is 45.2 cm³/mol. The van der Waals surface area contributed by atoms with Crippen LogP contribution in [0.25, 0.3) is 0 Å². The van der Waals surface area contributed by atoms with Crippen LogP contribution in [0, 0.1) is 16.7 Å². The molecule has 0 amide bonds. The summed E-state index contributed by atoms with van der Waals surface area (Å²) in [6, 6.07) is 0. The molecular formula is C10H18O. The predicted octanol–water partition coefficient (Wildman–Crippen LogP) is 2.19. The maximum absolute atomic E-state index is 10.0. The Bertz CT molecular complexity index is 181. The van der Waals surface area contributed by atoms with E-state index in [9.17, 15) is 5.11 Å². The van der Waals surface area contributed by atoms with Crippen LogP contribution in [0.1, 0.15) is 40.0 Å². The Balaban J connectivity index is 2.34. The first-order valence-corrected chi connectivity index (χ1v) is 4.65. The molecule has 1 N–H and O–H groups in total. The molecule has 2 saturated carbocycles. The van der Waals surface area contributed by atoms with Crippen molar-refractivity contribution >= 4 is 0 Å². The molecule has 0 radical (unpaired) electrons. The summed E-state index contributed by atoms with van der Waals surface area (Å²) in [5.41, 5.74) is 0.446. The average Bonchev–Trinajstić information content (AvgIpc) is 2.36. The molecule has 0 aliphatic heterocycles. The van der Waals surface area contributed by atoms with Crippen LogP contribution in [0.5, 0.6) is 0 Å². The normalized spacial score (nSPS) is 53.5. The van der Waals surface area contributed by atoms with Crippen molar-refractivity contribution in [1.29, 1.82) is 0 Å².